The minimum Gasteiger partial charge on any atom is -0.400 e. The average molecular weight is 247 g/mol. The molecule has 1 rings (SSSR count). The van der Waals surface area contributed by atoms with Gasteiger partial charge in [-0.25, -0.2) is 0 Å². The van der Waals surface area contributed by atoms with Crippen LogP contribution in [0.25, 0.3) is 0 Å². The first-order chi connectivity index (χ1) is 8.38. The van der Waals surface area contributed by atoms with Crippen LogP contribution in [-0.4, -0.2) is 18.5 Å². The van der Waals surface area contributed by atoms with E-state index in [0.717, 1.165) is 23.6 Å². The molecule has 0 aliphatic heterocycles. The molecule has 3 nitrogen and oxygen atoms in total. The van der Waals surface area contributed by atoms with Crippen molar-refractivity contribution < 1.29 is 0 Å². The van der Waals surface area contributed by atoms with Crippen molar-refractivity contribution in [2.24, 2.45) is 17.6 Å². The minimum absolute atomic E-state index is 0.319. The third-order valence-corrected chi connectivity index (χ3v) is 3.50. The van der Waals surface area contributed by atoms with Crippen LogP contribution in [0.3, 0.4) is 0 Å². The van der Waals surface area contributed by atoms with Crippen LogP contribution < -0.4 is 11.1 Å². The fraction of sp³-hybridized carbons (Fsp3) is 0.467. The first kappa shape index (κ1) is 14.4. The average Bonchev–Trinajstić information content (AvgIpc) is 2.29. The molecule has 3 heteroatoms. The van der Waals surface area contributed by atoms with Gasteiger partial charge < -0.3 is 16.0 Å². The lowest BCUT2D eigenvalue weighted by Gasteiger charge is -2.35. The summed E-state index contributed by atoms with van der Waals surface area (Å²) in [6, 6.07) is 0. The molecule has 1 aliphatic rings. The van der Waals surface area contributed by atoms with Gasteiger partial charge in [0, 0.05) is 42.5 Å². The second-order valence-corrected chi connectivity index (χ2v) is 5.09. The van der Waals surface area contributed by atoms with E-state index in [2.05, 4.69) is 50.3 Å². The molecule has 0 aromatic carbocycles. The van der Waals surface area contributed by atoms with E-state index in [4.69, 9.17) is 5.73 Å². The van der Waals surface area contributed by atoms with Crippen LogP contribution in [0.4, 0.5) is 0 Å². The number of hydrogen-bond acceptors (Lipinski definition) is 3. The summed E-state index contributed by atoms with van der Waals surface area (Å²) in [5.41, 5.74) is 10.2. The molecule has 0 aromatic rings. The summed E-state index contributed by atoms with van der Waals surface area (Å²) in [6.45, 7) is 14.8. The second kappa shape index (κ2) is 5.80. The standard InChI is InChI=1S/C15H25N3/c1-7-8-18(6)14-9-13(17-10(2)3)15(16)12(5)11(14)4/h7,9,11-12,17H,1-2,8,16H2,3-6H3. The zero-order chi connectivity index (χ0) is 13.9. The van der Waals surface area contributed by atoms with E-state index in [-0.39, 0.29) is 0 Å². The highest BCUT2D eigenvalue weighted by Gasteiger charge is 2.27. The molecule has 2 atom stereocenters. The number of hydrogen-bond donors (Lipinski definition) is 2. The number of rotatable bonds is 5. The van der Waals surface area contributed by atoms with Gasteiger partial charge in [-0.3, -0.25) is 0 Å². The number of nitrogens with two attached hydrogens (primary N) is 1. The molecule has 1 aliphatic carbocycles. The minimum atomic E-state index is 0.319. The fourth-order valence-corrected chi connectivity index (χ4v) is 2.23. The van der Waals surface area contributed by atoms with Crippen molar-refractivity contribution in [1.29, 1.82) is 0 Å². The van der Waals surface area contributed by atoms with E-state index in [1.165, 1.54) is 5.70 Å². The van der Waals surface area contributed by atoms with Gasteiger partial charge in [0.1, 0.15) is 0 Å². The Kier molecular flexibility index (Phi) is 4.65. The molecule has 18 heavy (non-hydrogen) atoms. The van der Waals surface area contributed by atoms with Crippen molar-refractivity contribution >= 4 is 0 Å². The van der Waals surface area contributed by atoms with E-state index in [9.17, 15) is 0 Å². The van der Waals surface area contributed by atoms with Gasteiger partial charge in [0.15, 0.2) is 0 Å². The molecule has 3 N–H and O–H groups in total. The summed E-state index contributed by atoms with van der Waals surface area (Å²) >= 11 is 0. The summed E-state index contributed by atoms with van der Waals surface area (Å²) in [5.74, 6) is 0.727. The smallest absolute Gasteiger partial charge is 0.0592 e. The molecule has 0 aromatic heterocycles. The van der Waals surface area contributed by atoms with Crippen LogP contribution in [0.2, 0.25) is 0 Å². The summed E-state index contributed by atoms with van der Waals surface area (Å²) in [5, 5.41) is 3.24. The van der Waals surface area contributed by atoms with E-state index < -0.39 is 0 Å². The largest absolute Gasteiger partial charge is 0.400 e. The molecule has 100 valence electrons. The highest BCUT2D eigenvalue weighted by atomic mass is 15.1. The van der Waals surface area contributed by atoms with Crippen LogP contribution in [0, 0.1) is 11.8 Å². The molecule has 0 spiro atoms. The van der Waals surface area contributed by atoms with Gasteiger partial charge in [0.2, 0.25) is 0 Å². The fourth-order valence-electron chi connectivity index (χ4n) is 2.23. The summed E-state index contributed by atoms with van der Waals surface area (Å²) in [6.07, 6.45) is 4.03. The zero-order valence-electron chi connectivity index (χ0n) is 12.0. The lowest BCUT2D eigenvalue weighted by Crippen LogP contribution is -2.34. The summed E-state index contributed by atoms with van der Waals surface area (Å²) < 4.78 is 0. The topological polar surface area (TPSA) is 41.3 Å². The molecule has 0 fully saturated rings. The van der Waals surface area contributed by atoms with Crippen molar-refractivity contribution in [3.8, 4) is 0 Å². The number of nitrogens with one attached hydrogen (secondary N) is 1. The lowest BCUT2D eigenvalue weighted by atomic mass is 9.84. The van der Waals surface area contributed by atoms with Gasteiger partial charge in [-0.2, -0.15) is 0 Å². The Bertz CT molecular complexity index is 404. The second-order valence-electron chi connectivity index (χ2n) is 5.09. The maximum atomic E-state index is 6.19. The SMILES string of the molecule is C=CCN(C)C1=CC(NC(=C)C)=C(N)C(C)C1C. The Labute approximate surface area is 111 Å². The van der Waals surface area contributed by atoms with Crippen LogP contribution in [0.15, 0.2) is 48.1 Å². The maximum Gasteiger partial charge on any atom is 0.0592 e. The van der Waals surface area contributed by atoms with Gasteiger partial charge in [-0.1, -0.05) is 26.5 Å². The Morgan fingerprint density at radius 1 is 1.50 bits per heavy atom. The predicted octanol–water partition coefficient (Wildman–Crippen LogP) is 2.57. The molecule has 0 saturated carbocycles. The molecular weight excluding hydrogens is 222 g/mol. The van der Waals surface area contributed by atoms with Gasteiger partial charge in [0.25, 0.3) is 0 Å². The van der Waals surface area contributed by atoms with E-state index in [1.807, 2.05) is 13.0 Å². The molecule has 2 unspecified atom stereocenters. The first-order valence-corrected chi connectivity index (χ1v) is 6.34. The third-order valence-electron chi connectivity index (χ3n) is 3.50. The first-order valence-electron chi connectivity index (χ1n) is 6.34. The van der Waals surface area contributed by atoms with Crippen LogP contribution >= 0.6 is 0 Å². The lowest BCUT2D eigenvalue weighted by molar-refractivity contribution is 0.345. The highest BCUT2D eigenvalue weighted by Crippen LogP contribution is 2.32. The van der Waals surface area contributed by atoms with E-state index in [0.29, 0.717) is 11.8 Å². The Balaban J connectivity index is 3.08. The van der Waals surface area contributed by atoms with Gasteiger partial charge in [0.05, 0.1) is 5.70 Å². The molecule has 0 saturated heterocycles. The maximum absolute atomic E-state index is 6.19. The Morgan fingerprint density at radius 3 is 2.61 bits per heavy atom. The number of likely N-dealkylation sites (N-methyl/N-ethyl adjacent to an activating group) is 1. The van der Waals surface area contributed by atoms with E-state index >= 15 is 0 Å². The number of nitrogens with zero attached hydrogens (tertiary/aromatic N) is 1. The monoisotopic (exact) mass is 247 g/mol. The van der Waals surface area contributed by atoms with Gasteiger partial charge in [-0.15, -0.1) is 6.58 Å². The summed E-state index contributed by atoms with van der Waals surface area (Å²) in [7, 11) is 2.08. The van der Waals surface area contributed by atoms with Gasteiger partial charge >= 0.3 is 0 Å². The molecule has 0 heterocycles. The third kappa shape index (κ3) is 2.97. The van der Waals surface area contributed by atoms with Crippen LogP contribution in [0.1, 0.15) is 20.8 Å². The van der Waals surface area contributed by atoms with Gasteiger partial charge in [-0.05, 0) is 13.0 Å². The Morgan fingerprint density at radius 2 is 2.11 bits per heavy atom. The highest BCUT2D eigenvalue weighted by molar-refractivity contribution is 5.35. The van der Waals surface area contributed by atoms with Crippen molar-refractivity contribution in [3.63, 3.8) is 0 Å². The Hall–Kier alpha value is -1.64. The predicted molar refractivity (Wildman–Crippen MR) is 78.4 cm³/mol. The number of allylic oxidation sites excluding steroid dienone is 4. The quantitative estimate of drug-likeness (QED) is 0.734. The molecule has 0 amide bonds. The normalized spacial score (nSPS) is 23.4. The van der Waals surface area contributed by atoms with Crippen molar-refractivity contribution in [2.75, 3.05) is 13.6 Å². The molecular formula is C15H25N3. The molecule has 0 bridgehead atoms. The van der Waals surface area contributed by atoms with Crippen molar-refractivity contribution in [3.05, 3.63) is 48.1 Å². The van der Waals surface area contributed by atoms with Crippen LogP contribution in [-0.2, 0) is 0 Å². The summed E-state index contributed by atoms with van der Waals surface area (Å²) in [4.78, 5) is 2.21. The van der Waals surface area contributed by atoms with Crippen molar-refractivity contribution in [1.82, 2.24) is 10.2 Å². The zero-order valence-corrected chi connectivity index (χ0v) is 12.0. The van der Waals surface area contributed by atoms with Crippen LogP contribution in [0.5, 0.6) is 0 Å². The van der Waals surface area contributed by atoms with Crippen molar-refractivity contribution in [2.45, 2.75) is 20.8 Å². The van der Waals surface area contributed by atoms with E-state index in [1.54, 1.807) is 0 Å². The molecule has 0 radical (unpaired) electrons.